The van der Waals surface area contributed by atoms with Gasteiger partial charge in [0.05, 0.1) is 22.8 Å². The molecule has 3 aliphatic heterocycles. The van der Waals surface area contributed by atoms with Gasteiger partial charge < -0.3 is 9.64 Å². The SMILES string of the molecule is COCCCN1C(=O)[C@@H]2[C@H](C1=O)[C@@H](C(=O)c1cccs1)N1c3ccccc3C=C[C@H]21. The highest BCUT2D eigenvalue weighted by atomic mass is 32.1. The lowest BCUT2D eigenvalue weighted by atomic mass is 9.87. The third-order valence-electron chi connectivity index (χ3n) is 6.27. The van der Waals surface area contributed by atoms with E-state index in [0.29, 0.717) is 24.4 Å². The monoisotopic (exact) mass is 422 g/mol. The fourth-order valence-electron chi connectivity index (χ4n) is 5.03. The van der Waals surface area contributed by atoms with Gasteiger partial charge in [0, 0.05) is 25.9 Å². The summed E-state index contributed by atoms with van der Waals surface area (Å²) in [6, 6.07) is 10.5. The second-order valence-electron chi connectivity index (χ2n) is 7.83. The van der Waals surface area contributed by atoms with Gasteiger partial charge in [-0.1, -0.05) is 36.4 Å². The number of hydrogen-bond donors (Lipinski definition) is 0. The van der Waals surface area contributed by atoms with Crippen LogP contribution in [0.4, 0.5) is 5.69 Å². The number of thiophene rings is 1. The number of ketones is 1. The predicted octanol–water partition coefficient (Wildman–Crippen LogP) is 2.85. The molecule has 2 saturated heterocycles. The Morgan fingerprint density at radius 1 is 1.10 bits per heavy atom. The van der Waals surface area contributed by atoms with Crippen LogP contribution in [0.1, 0.15) is 21.7 Å². The van der Waals surface area contributed by atoms with Crippen LogP contribution in [0, 0.1) is 11.8 Å². The molecule has 2 aromatic rings. The maximum atomic E-state index is 13.6. The Hall–Kier alpha value is -2.77. The first-order valence-electron chi connectivity index (χ1n) is 10.1. The van der Waals surface area contributed by atoms with E-state index in [4.69, 9.17) is 4.74 Å². The van der Waals surface area contributed by atoms with E-state index in [-0.39, 0.29) is 23.6 Å². The minimum atomic E-state index is -0.686. The molecule has 0 bridgehead atoms. The van der Waals surface area contributed by atoms with E-state index in [0.717, 1.165) is 11.3 Å². The number of carbonyl (C=O) groups excluding carboxylic acids is 3. The van der Waals surface area contributed by atoms with Gasteiger partial charge in [-0.15, -0.1) is 11.3 Å². The molecule has 2 fully saturated rings. The van der Waals surface area contributed by atoms with Crippen molar-refractivity contribution in [2.24, 2.45) is 11.8 Å². The van der Waals surface area contributed by atoms with Crippen molar-refractivity contribution in [2.45, 2.75) is 18.5 Å². The van der Waals surface area contributed by atoms with Crippen LogP contribution in [-0.4, -0.2) is 54.8 Å². The molecule has 3 aliphatic rings. The summed E-state index contributed by atoms with van der Waals surface area (Å²) in [6.07, 6.45) is 4.56. The summed E-state index contributed by atoms with van der Waals surface area (Å²) in [6.45, 7) is 0.804. The number of benzene rings is 1. The normalized spacial score (nSPS) is 26.7. The molecule has 0 radical (unpaired) electrons. The molecule has 1 aromatic carbocycles. The van der Waals surface area contributed by atoms with Gasteiger partial charge >= 0.3 is 0 Å². The molecular formula is C23H22N2O4S. The predicted molar refractivity (Wildman–Crippen MR) is 114 cm³/mol. The number of anilines is 1. The van der Waals surface area contributed by atoms with Gasteiger partial charge in [-0.25, -0.2) is 0 Å². The largest absolute Gasteiger partial charge is 0.385 e. The minimum Gasteiger partial charge on any atom is -0.385 e. The smallest absolute Gasteiger partial charge is 0.235 e. The average Bonchev–Trinajstić information content (AvgIpc) is 3.46. The molecule has 0 spiro atoms. The molecule has 1 aromatic heterocycles. The van der Waals surface area contributed by atoms with Crippen LogP contribution in [0.5, 0.6) is 0 Å². The Balaban J connectivity index is 1.58. The van der Waals surface area contributed by atoms with Crippen molar-refractivity contribution in [3.05, 3.63) is 58.3 Å². The number of ether oxygens (including phenoxy) is 1. The molecule has 4 heterocycles. The molecule has 4 atom stereocenters. The average molecular weight is 423 g/mol. The van der Waals surface area contributed by atoms with Crippen molar-refractivity contribution in [1.82, 2.24) is 4.90 Å². The first-order chi connectivity index (χ1) is 14.6. The second-order valence-corrected chi connectivity index (χ2v) is 8.78. The Labute approximate surface area is 178 Å². The Morgan fingerprint density at radius 3 is 2.67 bits per heavy atom. The van der Waals surface area contributed by atoms with E-state index in [1.54, 1.807) is 13.2 Å². The summed E-state index contributed by atoms with van der Waals surface area (Å²) >= 11 is 1.37. The molecule has 154 valence electrons. The zero-order chi connectivity index (χ0) is 20.8. The standard InChI is InChI=1S/C23H22N2O4S/c1-29-12-5-11-24-22(27)18-16-10-9-14-6-2-3-7-15(14)25(16)20(19(18)23(24)28)21(26)17-8-4-13-30-17/h2-4,6-10,13,16,18-20H,5,11-12H2,1H3/t16-,18+,19+,20+/m1/s1. The summed E-state index contributed by atoms with van der Waals surface area (Å²) in [4.78, 5) is 44.2. The molecule has 0 N–H and O–H groups in total. The molecule has 0 saturated carbocycles. The topological polar surface area (TPSA) is 66.9 Å². The molecule has 7 heteroatoms. The van der Waals surface area contributed by atoms with Crippen LogP contribution in [0.25, 0.3) is 6.08 Å². The van der Waals surface area contributed by atoms with Crippen molar-refractivity contribution >= 4 is 40.7 Å². The number of hydrogen-bond acceptors (Lipinski definition) is 6. The Morgan fingerprint density at radius 2 is 1.90 bits per heavy atom. The Bertz CT molecular complexity index is 1030. The van der Waals surface area contributed by atoms with E-state index in [1.165, 1.54) is 16.2 Å². The molecule has 0 aliphatic carbocycles. The molecule has 5 rings (SSSR count). The summed E-state index contributed by atoms with van der Waals surface area (Å²) in [7, 11) is 1.60. The van der Waals surface area contributed by atoms with Crippen molar-refractivity contribution < 1.29 is 19.1 Å². The van der Waals surface area contributed by atoms with E-state index < -0.39 is 17.9 Å². The van der Waals surface area contributed by atoms with Crippen molar-refractivity contribution in [3.63, 3.8) is 0 Å². The first-order valence-corrected chi connectivity index (χ1v) is 11.0. The highest BCUT2D eigenvalue weighted by Gasteiger charge is 2.63. The zero-order valence-electron chi connectivity index (χ0n) is 16.6. The van der Waals surface area contributed by atoms with Crippen LogP contribution in [0.15, 0.2) is 47.9 Å². The molecule has 2 amide bonds. The van der Waals surface area contributed by atoms with Crippen molar-refractivity contribution in [2.75, 3.05) is 25.2 Å². The van der Waals surface area contributed by atoms with Gasteiger partial charge in [-0.2, -0.15) is 0 Å². The van der Waals surface area contributed by atoms with Crippen LogP contribution in [0.2, 0.25) is 0 Å². The lowest BCUT2D eigenvalue weighted by molar-refractivity contribution is -0.140. The zero-order valence-corrected chi connectivity index (χ0v) is 17.4. The maximum absolute atomic E-state index is 13.6. The van der Waals surface area contributed by atoms with Gasteiger partial charge in [0.2, 0.25) is 11.8 Å². The fourth-order valence-corrected chi connectivity index (χ4v) is 5.72. The highest BCUT2D eigenvalue weighted by molar-refractivity contribution is 7.12. The molecule has 6 nitrogen and oxygen atoms in total. The number of nitrogens with zero attached hydrogens (tertiary/aromatic N) is 2. The maximum Gasteiger partial charge on any atom is 0.235 e. The van der Waals surface area contributed by atoms with E-state index in [2.05, 4.69) is 0 Å². The molecule has 30 heavy (non-hydrogen) atoms. The van der Waals surface area contributed by atoms with Gasteiger partial charge in [0.15, 0.2) is 5.78 Å². The number of rotatable bonds is 6. The van der Waals surface area contributed by atoms with Crippen LogP contribution >= 0.6 is 11.3 Å². The number of Topliss-reactive ketones (excluding diaryl/α,β-unsaturated/α-hetero) is 1. The quantitative estimate of drug-likeness (QED) is 0.407. The fraction of sp³-hybridized carbons (Fsp3) is 0.348. The van der Waals surface area contributed by atoms with E-state index in [9.17, 15) is 14.4 Å². The Kier molecular flexibility index (Phi) is 4.79. The third-order valence-corrected chi connectivity index (χ3v) is 7.15. The number of methoxy groups -OCH3 is 1. The first kappa shape index (κ1) is 19.2. The van der Waals surface area contributed by atoms with Gasteiger partial charge in [-0.3, -0.25) is 19.3 Å². The molecule has 0 unspecified atom stereocenters. The van der Waals surface area contributed by atoms with Gasteiger partial charge in [-0.05, 0) is 29.5 Å². The third kappa shape index (κ3) is 2.76. The number of likely N-dealkylation sites (tertiary alicyclic amines) is 1. The minimum absolute atomic E-state index is 0.0903. The summed E-state index contributed by atoms with van der Waals surface area (Å²) in [5.74, 6) is -1.72. The lowest BCUT2D eigenvalue weighted by Crippen LogP contribution is -2.48. The van der Waals surface area contributed by atoms with E-state index in [1.807, 2.05) is 52.8 Å². The highest BCUT2D eigenvalue weighted by Crippen LogP contribution is 2.49. The van der Waals surface area contributed by atoms with Crippen LogP contribution in [0.3, 0.4) is 0 Å². The number of para-hydroxylation sites is 1. The number of carbonyl (C=O) groups is 3. The van der Waals surface area contributed by atoms with Crippen LogP contribution in [-0.2, 0) is 14.3 Å². The van der Waals surface area contributed by atoms with Crippen molar-refractivity contribution in [3.8, 4) is 0 Å². The lowest BCUT2D eigenvalue weighted by Gasteiger charge is -2.36. The number of fused-ring (bicyclic) bond motifs is 5. The number of imide groups is 1. The van der Waals surface area contributed by atoms with E-state index >= 15 is 0 Å². The van der Waals surface area contributed by atoms with Crippen LogP contribution < -0.4 is 4.90 Å². The molecular weight excluding hydrogens is 400 g/mol. The summed E-state index contributed by atoms with van der Waals surface area (Å²) < 4.78 is 5.08. The van der Waals surface area contributed by atoms with Gasteiger partial charge in [0.1, 0.15) is 6.04 Å². The summed E-state index contributed by atoms with van der Waals surface area (Å²) in [5.41, 5.74) is 1.90. The van der Waals surface area contributed by atoms with Gasteiger partial charge in [0.25, 0.3) is 0 Å². The second kappa shape index (κ2) is 7.49. The summed E-state index contributed by atoms with van der Waals surface area (Å²) in [5, 5.41) is 1.86. The van der Waals surface area contributed by atoms with Crippen molar-refractivity contribution in [1.29, 1.82) is 0 Å². The number of amides is 2.